The molecule has 2 amide bonds. The Bertz CT molecular complexity index is 1000. The third kappa shape index (κ3) is 4.58. The van der Waals surface area contributed by atoms with Crippen molar-refractivity contribution in [2.45, 2.75) is 31.3 Å². The van der Waals surface area contributed by atoms with Gasteiger partial charge in [0.15, 0.2) is 6.61 Å². The predicted molar refractivity (Wildman–Crippen MR) is 112 cm³/mol. The lowest BCUT2D eigenvalue weighted by Crippen LogP contribution is -2.37. The molecule has 8 nitrogen and oxygen atoms in total. The number of nitrogens with one attached hydrogen (secondary N) is 1. The predicted octanol–water partition coefficient (Wildman–Crippen LogP) is 2.19. The highest BCUT2D eigenvalue weighted by atomic mass is 16.5. The maximum absolute atomic E-state index is 12.9. The summed E-state index contributed by atoms with van der Waals surface area (Å²) in [5, 5.41) is 8.48. The molecule has 0 spiro atoms. The molecule has 2 aliphatic rings. The Balaban J connectivity index is 1.51. The van der Waals surface area contributed by atoms with Crippen LogP contribution in [0.3, 0.4) is 0 Å². The van der Waals surface area contributed by atoms with Crippen LogP contribution < -0.4 is 10.1 Å². The van der Waals surface area contributed by atoms with Crippen LogP contribution in [-0.2, 0) is 19.1 Å². The van der Waals surface area contributed by atoms with Crippen LogP contribution in [0.1, 0.15) is 36.4 Å². The Kier molecular flexibility index (Phi) is 5.97. The number of esters is 1. The van der Waals surface area contributed by atoms with Crippen molar-refractivity contribution in [3.63, 3.8) is 0 Å². The minimum Gasteiger partial charge on any atom is -0.497 e. The van der Waals surface area contributed by atoms with Crippen molar-refractivity contribution in [2.75, 3.05) is 13.7 Å². The van der Waals surface area contributed by atoms with E-state index in [9.17, 15) is 14.4 Å². The van der Waals surface area contributed by atoms with Gasteiger partial charge >= 0.3 is 5.97 Å². The summed E-state index contributed by atoms with van der Waals surface area (Å²) in [6.07, 6.45) is 1.19. The van der Waals surface area contributed by atoms with Gasteiger partial charge in [-0.2, -0.15) is 5.10 Å². The molecule has 0 radical (unpaired) electrons. The lowest BCUT2D eigenvalue weighted by atomic mass is 9.98. The van der Waals surface area contributed by atoms with E-state index in [1.54, 1.807) is 7.11 Å². The monoisotopic (exact) mass is 421 g/mol. The van der Waals surface area contributed by atoms with E-state index in [0.717, 1.165) is 22.6 Å². The second kappa shape index (κ2) is 8.99. The average molecular weight is 421 g/mol. The quantitative estimate of drug-likeness (QED) is 0.721. The Hall–Kier alpha value is -3.68. The smallest absolute Gasteiger partial charge is 0.329 e. The van der Waals surface area contributed by atoms with Gasteiger partial charge in [-0.1, -0.05) is 42.5 Å². The molecule has 2 atom stereocenters. The highest BCUT2D eigenvalue weighted by Gasteiger charge is 2.34. The SMILES string of the molecule is COc1ccc([C@@H]2CC(c3ccccc3)=NN2C(=O)COC(=O)[C@@H]2CCC(=O)N2)cc1. The molecule has 2 heterocycles. The topological polar surface area (TPSA) is 97.3 Å². The van der Waals surface area contributed by atoms with Gasteiger partial charge in [0.05, 0.1) is 18.9 Å². The first kappa shape index (κ1) is 20.6. The zero-order chi connectivity index (χ0) is 21.8. The van der Waals surface area contributed by atoms with Crippen LogP contribution in [0.5, 0.6) is 5.75 Å². The fraction of sp³-hybridized carbons (Fsp3) is 0.304. The van der Waals surface area contributed by atoms with Gasteiger partial charge in [0.25, 0.3) is 5.91 Å². The molecule has 160 valence electrons. The molecule has 2 aliphatic heterocycles. The normalized spacial score (nSPS) is 20.2. The third-order valence-corrected chi connectivity index (χ3v) is 5.39. The minimum absolute atomic E-state index is 0.190. The number of amides is 2. The van der Waals surface area contributed by atoms with Crippen LogP contribution in [0, 0.1) is 0 Å². The summed E-state index contributed by atoms with van der Waals surface area (Å²) in [6.45, 7) is -0.441. The molecular weight excluding hydrogens is 398 g/mol. The van der Waals surface area contributed by atoms with Crippen molar-refractivity contribution >= 4 is 23.5 Å². The van der Waals surface area contributed by atoms with Crippen LogP contribution in [0.25, 0.3) is 0 Å². The molecule has 0 bridgehead atoms. The maximum atomic E-state index is 12.9. The Morgan fingerprint density at radius 1 is 1.13 bits per heavy atom. The van der Waals surface area contributed by atoms with Gasteiger partial charge in [0.1, 0.15) is 11.8 Å². The van der Waals surface area contributed by atoms with Crippen LogP contribution in [0.4, 0.5) is 0 Å². The number of hydrogen-bond acceptors (Lipinski definition) is 6. The van der Waals surface area contributed by atoms with Crippen LogP contribution in [0.15, 0.2) is 59.7 Å². The van der Waals surface area contributed by atoms with E-state index in [2.05, 4.69) is 10.4 Å². The molecule has 8 heteroatoms. The number of methoxy groups -OCH3 is 1. The number of rotatable bonds is 6. The van der Waals surface area contributed by atoms with Crippen LogP contribution >= 0.6 is 0 Å². The lowest BCUT2D eigenvalue weighted by molar-refractivity contribution is -0.154. The van der Waals surface area contributed by atoms with Gasteiger partial charge < -0.3 is 14.8 Å². The van der Waals surface area contributed by atoms with E-state index < -0.39 is 24.5 Å². The summed E-state index contributed by atoms with van der Waals surface area (Å²) in [6, 6.07) is 16.1. The van der Waals surface area contributed by atoms with E-state index in [1.807, 2.05) is 54.6 Å². The van der Waals surface area contributed by atoms with Crippen molar-refractivity contribution in [2.24, 2.45) is 5.10 Å². The van der Waals surface area contributed by atoms with E-state index in [0.29, 0.717) is 12.8 Å². The molecule has 1 fully saturated rings. The van der Waals surface area contributed by atoms with Crippen molar-refractivity contribution in [3.8, 4) is 5.75 Å². The van der Waals surface area contributed by atoms with Crippen molar-refractivity contribution in [3.05, 3.63) is 65.7 Å². The number of nitrogens with zero attached hydrogens (tertiary/aromatic N) is 2. The number of ether oxygens (including phenoxy) is 2. The summed E-state index contributed by atoms with van der Waals surface area (Å²) in [5.74, 6) is -0.503. The minimum atomic E-state index is -0.695. The zero-order valence-corrected chi connectivity index (χ0v) is 17.1. The second-order valence-electron chi connectivity index (χ2n) is 7.41. The van der Waals surface area contributed by atoms with E-state index in [-0.39, 0.29) is 18.4 Å². The highest BCUT2D eigenvalue weighted by Crippen LogP contribution is 2.33. The summed E-state index contributed by atoms with van der Waals surface area (Å²) < 4.78 is 10.4. The molecule has 0 saturated carbocycles. The van der Waals surface area contributed by atoms with Gasteiger partial charge in [-0.15, -0.1) is 0 Å². The van der Waals surface area contributed by atoms with E-state index in [4.69, 9.17) is 9.47 Å². The Labute approximate surface area is 179 Å². The van der Waals surface area contributed by atoms with Gasteiger partial charge in [-0.25, -0.2) is 9.80 Å². The molecule has 2 aromatic rings. The molecule has 0 unspecified atom stereocenters. The Morgan fingerprint density at radius 2 is 1.87 bits per heavy atom. The van der Waals surface area contributed by atoms with Crippen LogP contribution in [0.2, 0.25) is 0 Å². The molecule has 4 rings (SSSR count). The Morgan fingerprint density at radius 3 is 2.52 bits per heavy atom. The van der Waals surface area contributed by atoms with Gasteiger partial charge in [-0.05, 0) is 29.7 Å². The average Bonchev–Trinajstić information content (AvgIpc) is 3.45. The van der Waals surface area contributed by atoms with Crippen molar-refractivity contribution in [1.29, 1.82) is 0 Å². The number of hydrogen-bond donors (Lipinski definition) is 1. The standard InChI is InChI=1S/C23H23N3O5/c1-30-17-9-7-16(8-10-17)20-13-19(15-5-3-2-4-6-15)25-26(20)22(28)14-31-23(29)18-11-12-21(27)24-18/h2-10,18,20H,11-14H2,1H3,(H,24,27)/t18-,20-/m0/s1. The number of hydrazone groups is 1. The number of carbonyl (C=O) groups is 3. The fourth-order valence-electron chi connectivity index (χ4n) is 3.72. The van der Waals surface area contributed by atoms with Crippen molar-refractivity contribution in [1.82, 2.24) is 10.3 Å². The lowest BCUT2D eigenvalue weighted by Gasteiger charge is -2.22. The van der Waals surface area contributed by atoms with E-state index in [1.165, 1.54) is 5.01 Å². The first-order chi connectivity index (χ1) is 15.0. The summed E-state index contributed by atoms with van der Waals surface area (Å²) >= 11 is 0. The summed E-state index contributed by atoms with van der Waals surface area (Å²) in [4.78, 5) is 36.4. The molecule has 1 saturated heterocycles. The van der Waals surface area contributed by atoms with Gasteiger partial charge in [-0.3, -0.25) is 9.59 Å². The summed E-state index contributed by atoms with van der Waals surface area (Å²) in [7, 11) is 1.60. The largest absolute Gasteiger partial charge is 0.497 e. The zero-order valence-electron chi connectivity index (χ0n) is 17.1. The molecule has 0 aliphatic carbocycles. The maximum Gasteiger partial charge on any atom is 0.329 e. The first-order valence-electron chi connectivity index (χ1n) is 10.1. The van der Waals surface area contributed by atoms with Crippen molar-refractivity contribution < 1.29 is 23.9 Å². The fourth-order valence-corrected chi connectivity index (χ4v) is 3.72. The molecule has 1 N–H and O–H groups in total. The first-order valence-corrected chi connectivity index (χ1v) is 10.1. The highest BCUT2D eigenvalue weighted by molar-refractivity contribution is 6.03. The summed E-state index contributed by atoms with van der Waals surface area (Å²) in [5.41, 5.74) is 2.62. The molecule has 2 aromatic carbocycles. The van der Waals surface area contributed by atoms with Crippen LogP contribution in [-0.4, -0.2) is 48.3 Å². The van der Waals surface area contributed by atoms with Gasteiger partial charge in [0.2, 0.25) is 5.91 Å². The van der Waals surface area contributed by atoms with E-state index >= 15 is 0 Å². The number of benzene rings is 2. The third-order valence-electron chi connectivity index (χ3n) is 5.39. The molecule has 0 aromatic heterocycles. The van der Waals surface area contributed by atoms with Gasteiger partial charge in [0, 0.05) is 12.8 Å². The molecule has 31 heavy (non-hydrogen) atoms. The second-order valence-corrected chi connectivity index (χ2v) is 7.41. The number of carbonyl (C=O) groups excluding carboxylic acids is 3. The molecular formula is C23H23N3O5.